The Morgan fingerprint density at radius 2 is 2.22 bits per heavy atom. The highest BCUT2D eigenvalue weighted by molar-refractivity contribution is 9.08. The summed E-state index contributed by atoms with van der Waals surface area (Å²) in [7, 11) is -0.768. The van der Waals surface area contributed by atoms with Crippen molar-refractivity contribution in [3.63, 3.8) is 0 Å². The average molecular weight is 183 g/mol. The first-order chi connectivity index (χ1) is 4.22. The van der Waals surface area contributed by atoms with Crippen LogP contribution in [0.2, 0.25) is 0 Å². The van der Waals surface area contributed by atoms with Crippen molar-refractivity contribution in [2.75, 3.05) is 6.54 Å². The van der Waals surface area contributed by atoms with Crippen LogP contribution in [0.1, 0.15) is 12.8 Å². The number of rotatable bonds is 1. The van der Waals surface area contributed by atoms with Gasteiger partial charge in [-0.25, -0.2) is 0 Å². The third-order valence-corrected chi connectivity index (χ3v) is 3.41. The second kappa shape index (κ2) is 3.07. The maximum absolute atomic E-state index is 10.9. The topological polar surface area (TPSA) is 20.3 Å². The Balaban J connectivity index is 2.49. The van der Waals surface area contributed by atoms with Gasteiger partial charge in [-0.05, 0) is 6.42 Å². The van der Waals surface area contributed by atoms with Gasteiger partial charge in [0.15, 0.2) is 0 Å². The Morgan fingerprint density at radius 3 is 2.44 bits per heavy atom. The molecule has 0 N–H and O–H groups in total. The molecule has 1 heterocycles. The summed E-state index contributed by atoms with van der Waals surface area (Å²) in [5.41, 5.74) is 0. The van der Waals surface area contributed by atoms with Gasteiger partial charge >= 0.3 is 0 Å². The Hall–Kier alpha value is 0.520. The molecule has 0 aliphatic carbocycles. The van der Waals surface area contributed by atoms with Gasteiger partial charge in [0.1, 0.15) is 0 Å². The second-order valence-corrected chi connectivity index (χ2v) is 6.13. The molecule has 0 aromatic carbocycles. The summed E-state index contributed by atoms with van der Waals surface area (Å²) in [5, 5.41) is 0. The number of nitrogens with zero attached hydrogens (tertiary/aromatic N) is 1. The molecule has 1 aliphatic rings. The smallest absolute Gasteiger partial charge is 0.232 e. The Bertz CT molecular complexity index is 127. The molecule has 1 rings (SSSR count). The number of hydrogen-bond donors (Lipinski definition) is 3. The van der Waals surface area contributed by atoms with Crippen LogP contribution in [0.5, 0.6) is 0 Å². The minimum atomic E-state index is -0.768. The number of thiol groups is 3. The monoisotopic (exact) mass is 183 g/mol. The summed E-state index contributed by atoms with van der Waals surface area (Å²) in [6.07, 6.45) is 1.65. The maximum atomic E-state index is 10.9. The van der Waals surface area contributed by atoms with E-state index in [2.05, 4.69) is 23.3 Å². The predicted molar refractivity (Wildman–Crippen MR) is 47.9 cm³/mol. The van der Waals surface area contributed by atoms with Crippen LogP contribution < -0.4 is 0 Å². The predicted octanol–water partition coefficient (Wildman–Crippen LogP) is 1.21. The fraction of sp³-hybridized carbons (Fsp3) is 0.750. The summed E-state index contributed by atoms with van der Waals surface area (Å²) in [4.78, 5) is 10.9. The second-order valence-electron chi connectivity index (χ2n) is 1.89. The lowest BCUT2D eigenvalue weighted by Crippen LogP contribution is -2.16. The van der Waals surface area contributed by atoms with Gasteiger partial charge in [-0.2, -0.15) is 0 Å². The molecular weight excluding hydrogens is 174 g/mol. The first-order valence-corrected chi connectivity index (χ1v) is 6.30. The van der Waals surface area contributed by atoms with E-state index in [4.69, 9.17) is 0 Å². The van der Waals surface area contributed by atoms with Gasteiger partial charge < -0.3 is 0 Å². The minimum Gasteiger partial charge on any atom is -0.291 e. The normalized spacial score (nSPS) is 20.9. The first kappa shape index (κ1) is 7.63. The van der Waals surface area contributed by atoms with Crippen LogP contribution in [-0.4, -0.2) is 16.8 Å². The van der Waals surface area contributed by atoms with Crippen molar-refractivity contribution >= 4 is 38.4 Å². The Kier molecular flexibility index (Phi) is 2.60. The third kappa shape index (κ3) is 1.72. The van der Waals surface area contributed by atoms with E-state index in [-0.39, 0.29) is 5.91 Å². The maximum Gasteiger partial charge on any atom is 0.232 e. The zero-order valence-electron chi connectivity index (χ0n) is 4.82. The number of carbonyl (C=O) groups excluding carboxylic acids is 1. The zero-order valence-corrected chi connectivity index (χ0v) is 7.50. The van der Waals surface area contributed by atoms with E-state index >= 15 is 0 Å². The van der Waals surface area contributed by atoms with Gasteiger partial charge in [0, 0.05) is 13.0 Å². The van der Waals surface area contributed by atoms with Gasteiger partial charge in [0.2, 0.25) is 5.91 Å². The molecule has 0 aromatic rings. The van der Waals surface area contributed by atoms with E-state index in [0.29, 0.717) is 6.42 Å². The summed E-state index contributed by atoms with van der Waals surface area (Å²) < 4.78 is 1.72. The van der Waals surface area contributed by atoms with Crippen molar-refractivity contribution in [3.8, 4) is 0 Å². The molecule has 1 fully saturated rings. The van der Waals surface area contributed by atoms with Crippen molar-refractivity contribution < 1.29 is 4.79 Å². The van der Waals surface area contributed by atoms with Gasteiger partial charge in [-0.15, -0.1) is 23.3 Å². The highest BCUT2D eigenvalue weighted by Gasteiger charge is 2.21. The molecule has 1 saturated heterocycles. The Morgan fingerprint density at radius 1 is 1.56 bits per heavy atom. The summed E-state index contributed by atoms with van der Waals surface area (Å²) in [6, 6.07) is 0. The molecule has 1 aliphatic heterocycles. The lowest BCUT2D eigenvalue weighted by molar-refractivity contribution is -0.123. The fourth-order valence-corrected chi connectivity index (χ4v) is 2.58. The molecule has 0 saturated carbocycles. The van der Waals surface area contributed by atoms with Crippen LogP contribution in [0, 0.1) is 0 Å². The van der Waals surface area contributed by atoms with Crippen LogP contribution in [0.15, 0.2) is 0 Å². The van der Waals surface area contributed by atoms with Gasteiger partial charge in [-0.3, -0.25) is 9.10 Å². The lowest BCUT2D eigenvalue weighted by Gasteiger charge is -2.20. The summed E-state index contributed by atoms with van der Waals surface area (Å²) >= 11 is 8.17. The molecule has 0 aromatic heterocycles. The fourth-order valence-electron chi connectivity index (χ4n) is 0.823. The van der Waals surface area contributed by atoms with Crippen molar-refractivity contribution in [3.05, 3.63) is 0 Å². The largest absolute Gasteiger partial charge is 0.291 e. The first-order valence-electron chi connectivity index (χ1n) is 2.70. The van der Waals surface area contributed by atoms with Crippen molar-refractivity contribution in [2.45, 2.75) is 12.8 Å². The van der Waals surface area contributed by atoms with Crippen molar-refractivity contribution in [2.24, 2.45) is 0 Å². The molecule has 0 unspecified atom stereocenters. The van der Waals surface area contributed by atoms with Gasteiger partial charge in [0.05, 0.1) is 0 Å². The Labute approximate surface area is 67.1 Å². The molecule has 5 heteroatoms. The third-order valence-electron chi connectivity index (χ3n) is 1.26. The van der Waals surface area contributed by atoms with Crippen LogP contribution in [0.4, 0.5) is 0 Å². The van der Waals surface area contributed by atoms with Crippen molar-refractivity contribution in [1.29, 1.82) is 0 Å². The molecule has 54 valence electrons. The molecular formula is C4H9NOS3. The van der Waals surface area contributed by atoms with Crippen LogP contribution in [0.25, 0.3) is 0 Å². The highest BCUT2D eigenvalue weighted by atomic mass is 33.5. The van der Waals surface area contributed by atoms with Crippen LogP contribution in [-0.2, 0) is 4.79 Å². The van der Waals surface area contributed by atoms with E-state index < -0.39 is 9.15 Å². The molecule has 2 nitrogen and oxygen atoms in total. The molecule has 0 atom stereocenters. The van der Waals surface area contributed by atoms with Crippen LogP contribution in [0.3, 0.4) is 0 Å². The molecule has 0 radical (unpaired) electrons. The zero-order chi connectivity index (χ0) is 6.85. The summed E-state index contributed by atoms with van der Waals surface area (Å²) in [6.45, 7) is 0.845. The number of carbonyl (C=O) groups is 1. The molecule has 0 spiro atoms. The van der Waals surface area contributed by atoms with E-state index in [1.807, 2.05) is 0 Å². The number of amides is 1. The minimum absolute atomic E-state index is 0.200. The van der Waals surface area contributed by atoms with Gasteiger partial charge in [0.25, 0.3) is 0 Å². The van der Waals surface area contributed by atoms with Crippen LogP contribution >= 0.6 is 32.5 Å². The van der Waals surface area contributed by atoms with E-state index in [9.17, 15) is 4.79 Å². The van der Waals surface area contributed by atoms with Gasteiger partial charge in [-0.1, -0.05) is 9.15 Å². The number of hydrogen-bond acceptors (Lipinski definition) is 3. The summed E-state index contributed by atoms with van der Waals surface area (Å²) in [5.74, 6) is 0.200. The lowest BCUT2D eigenvalue weighted by atomic mass is 10.4. The quantitative estimate of drug-likeness (QED) is 0.412. The highest BCUT2D eigenvalue weighted by Crippen LogP contribution is 2.41. The standard InChI is InChI=1S/C4H9NOS3/c6-4-2-1-3-5(4)9(7)8/h7-9H,1-3H2. The SMILES string of the molecule is O=C1CCCN1[SH](S)S. The molecule has 0 bridgehead atoms. The van der Waals surface area contributed by atoms with Crippen molar-refractivity contribution in [1.82, 2.24) is 4.31 Å². The molecule has 9 heavy (non-hydrogen) atoms. The molecule has 1 amide bonds. The van der Waals surface area contributed by atoms with E-state index in [1.54, 1.807) is 4.31 Å². The average Bonchev–Trinajstić information content (AvgIpc) is 2.13. The van der Waals surface area contributed by atoms with E-state index in [0.717, 1.165) is 13.0 Å². The van der Waals surface area contributed by atoms with E-state index in [1.165, 1.54) is 0 Å².